The highest BCUT2D eigenvalue weighted by Crippen LogP contribution is 1.94. The SMILES string of the molecule is CCCNCCS(=O)(=O)OS(=O)O. The van der Waals surface area contributed by atoms with Gasteiger partial charge in [0.1, 0.15) is 0 Å². The van der Waals surface area contributed by atoms with Crippen LogP contribution in [-0.4, -0.2) is 36.0 Å². The van der Waals surface area contributed by atoms with Crippen molar-refractivity contribution in [2.45, 2.75) is 13.3 Å². The minimum Gasteiger partial charge on any atom is -0.316 e. The quantitative estimate of drug-likeness (QED) is 0.452. The minimum absolute atomic E-state index is 0.216. The predicted octanol–water partition coefficient (Wildman–Crippen LogP) is -0.531. The van der Waals surface area contributed by atoms with Crippen molar-refractivity contribution in [3.05, 3.63) is 0 Å². The van der Waals surface area contributed by atoms with Gasteiger partial charge in [-0.25, -0.2) is 0 Å². The third-order valence-electron chi connectivity index (χ3n) is 1.12. The van der Waals surface area contributed by atoms with Crippen molar-refractivity contribution in [1.29, 1.82) is 0 Å². The van der Waals surface area contributed by atoms with E-state index in [2.05, 4.69) is 8.95 Å². The molecule has 0 aromatic carbocycles. The summed E-state index contributed by atoms with van der Waals surface area (Å²) in [5.41, 5.74) is 0. The van der Waals surface area contributed by atoms with Crippen molar-refractivity contribution >= 4 is 21.5 Å². The van der Waals surface area contributed by atoms with Gasteiger partial charge in [0.2, 0.25) is 0 Å². The van der Waals surface area contributed by atoms with Crippen LogP contribution in [0.3, 0.4) is 0 Å². The van der Waals surface area contributed by atoms with Gasteiger partial charge in [0.05, 0.1) is 5.75 Å². The van der Waals surface area contributed by atoms with Gasteiger partial charge in [0, 0.05) is 6.54 Å². The maximum atomic E-state index is 10.8. The molecule has 2 N–H and O–H groups in total. The van der Waals surface area contributed by atoms with Gasteiger partial charge in [-0.1, -0.05) is 6.92 Å². The number of hydrogen-bond acceptors (Lipinski definition) is 5. The van der Waals surface area contributed by atoms with Gasteiger partial charge in [-0.15, -0.1) is 3.63 Å². The lowest BCUT2D eigenvalue weighted by atomic mass is 10.5. The minimum atomic E-state index is -3.87. The Morgan fingerprint density at radius 3 is 2.54 bits per heavy atom. The van der Waals surface area contributed by atoms with Crippen LogP contribution in [-0.2, 0) is 25.1 Å². The molecule has 0 rings (SSSR count). The fraction of sp³-hybridized carbons (Fsp3) is 1.00. The molecule has 0 radical (unpaired) electrons. The van der Waals surface area contributed by atoms with E-state index in [1.807, 2.05) is 6.92 Å². The van der Waals surface area contributed by atoms with Crippen LogP contribution in [0, 0.1) is 0 Å². The average Bonchev–Trinajstić information content (AvgIpc) is 1.95. The van der Waals surface area contributed by atoms with Gasteiger partial charge in [-0.3, -0.25) is 4.55 Å². The van der Waals surface area contributed by atoms with Crippen molar-refractivity contribution in [2.75, 3.05) is 18.8 Å². The first-order valence-corrected chi connectivity index (χ1v) is 6.33. The standard InChI is InChI=1S/C5H13NO5S2/c1-2-3-6-4-5-13(9,10)11-12(7)8/h6H,2-5H2,1H3,(H,7,8). The molecule has 80 valence electrons. The zero-order valence-corrected chi connectivity index (χ0v) is 8.86. The molecular weight excluding hydrogens is 218 g/mol. The average molecular weight is 231 g/mol. The van der Waals surface area contributed by atoms with Crippen molar-refractivity contribution in [3.63, 3.8) is 0 Å². The smallest absolute Gasteiger partial charge is 0.316 e. The zero-order valence-electron chi connectivity index (χ0n) is 7.23. The molecule has 8 heteroatoms. The van der Waals surface area contributed by atoms with Crippen LogP contribution < -0.4 is 5.32 Å². The molecule has 0 amide bonds. The summed E-state index contributed by atoms with van der Waals surface area (Å²) >= 11 is -2.76. The van der Waals surface area contributed by atoms with Crippen LogP contribution in [0.15, 0.2) is 0 Å². The van der Waals surface area contributed by atoms with Crippen LogP contribution in [0.25, 0.3) is 0 Å². The molecule has 0 heterocycles. The summed E-state index contributed by atoms with van der Waals surface area (Å²) in [4.78, 5) is 0. The summed E-state index contributed by atoms with van der Waals surface area (Å²) in [6.07, 6.45) is 0.896. The molecule has 0 saturated heterocycles. The summed E-state index contributed by atoms with van der Waals surface area (Å²) in [5, 5.41) is 2.82. The van der Waals surface area contributed by atoms with Gasteiger partial charge < -0.3 is 5.32 Å². The normalized spacial score (nSPS) is 14.3. The highest BCUT2D eigenvalue weighted by atomic mass is 32.3. The van der Waals surface area contributed by atoms with E-state index < -0.39 is 21.5 Å². The fourth-order valence-electron chi connectivity index (χ4n) is 0.622. The molecule has 6 nitrogen and oxygen atoms in total. The predicted molar refractivity (Wildman–Crippen MR) is 48.8 cm³/mol. The highest BCUT2D eigenvalue weighted by Gasteiger charge is 2.13. The molecule has 0 saturated carbocycles. The molecule has 13 heavy (non-hydrogen) atoms. The first kappa shape index (κ1) is 13.0. The van der Waals surface area contributed by atoms with Gasteiger partial charge in [-0.2, -0.15) is 12.6 Å². The van der Waals surface area contributed by atoms with Crippen LogP contribution in [0.1, 0.15) is 13.3 Å². The van der Waals surface area contributed by atoms with E-state index in [4.69, 9.17) is 4.55 Å². The van der Waals surface area contributed by atoms with E-state index >= 15 is 0 Å². The van der Waals surface area contributed by atoms with Crippen LogP contribution in [0.5, 0.6) is 0 Å². The Morgan fingerprint density at radius 1 is 1.46 bits per heavy atom. The Balaban J connectivity index is 3.71. The summed E-state index contributed by atoms with van der Waals surface area (Å²) in [6, 6.07) is 0. The highest BCUT2D eigenvalue weighted by molar-refractivity contribution is 7.95. The van der Waals surface area contributed by atoms with E-state index in [1.54, 1.807) is 0 Å². The van der Waals surface area contributed by atoms with E-state index in [1.165, 1.54) is 0 Å². The largest absolute Gasteiger partial charge is 0.317 e. The van der Waals surface area contributed by atoms with E-state index in [9.17, 15) is 12.6 Å². The molecule has 0 aliphatic rings. The molecule has 1 atom stereocenters. The first-order chi connectivity index (χ1) is 5.98. The monoisotopic (exact) mass is 231 g/mol. The Bertz CT molecular complexity index is 250. The molecular formula is C5H13NO5S2. The summed E-state index contributed by atoms with van der Waals surface area (Å²) in [6.45, 7) is 2.87. The Kier molecular flexibility index (Phi) is 6.43. The summed E-state index contributed by atoms with van der Waals surface area (Å²) in [7, 11) is -3.87. The molecule has 0 spiro atoms. The third-order valence-corrected chi connectivity index (χ3v) is 3.12. The Labute approximate surface area is 80.3 Å². The zero-order chi connectivity index (χ0) is 10.3. The summed E-state index contributed by atoms with van der Waals surface area (Å²) in [5.74, 6) is -0.306. The van der Waals surface area contributed by atoms with Crippen molar-refractivity contribution in [1.82, 2.24) is 5.32 Å². The van der Waals surface area contributed by atoms with E-state index in [0.29, 0.717) is 6.54 Å². The number of rotatable bonds is 7. The molecule has 0 aromatic heterocycles. The number of hydrogen-bond donors (Lipinski definition) is 2. The lowest BCUT2D eigenvalue weighted by Gasteiger charge is -2.02. The van der Waals surface area contributed by atoms with Gasteiger partial charge in [-0.05, 0) is 13.0 Å². The second-order valence-electron chi connectivity index (χ2n) is 2.30. The first-order valence-electron chi connectivity index (χ1n) is 3.72. The molecule has 0 fully saturated rings. The van der Waals surface area contributed by atoms with Crippen LogP contribution in [0.2, 0.25) is 0 Å². The molecule has 0 aliphatic carbocycles. The molecule has 1 unspecified atom stereocenters. The van der Waals surface area contributed by atoms with Gasteiger partial charge >= 0.3 is 11.4 Å². The van der Waals surface area contributed by atoms with Gasteiger partial charge in [0.15, 0.2) is 0 Å². The topological polar surface area (TPSA) is 92.7 Å². The lowest BCUT2D eigenvalue weighted by Crippen LogP contribution is -2.25. The maximum Gasteiger partial charge on any atom is 0.317 e. The van der Waals surface area contributed by atoms with Crippen LogP contribution in [0.4, 0.5) is 0 Å². The van der Waals surface area contributed by atoms with Crippen molar-refractivity contribution in [3.8, 4) is 0 Å². The van der Waals surface area contributed by atoms with Crippen molar-refractivity contribution in [2.24, 2.45) is 0 Å². The summed E-state index contributed by atoms with van der Waals surface area (Å²) < 4.78 is 43.5. The Morgan fingerprint density at radius 2 is 2.08 bits per heavy atom. The fourth-order valence-corrected chi connectivity index (χ4v) is 2.00. The van der Waals surface area contributed by atoms with Gasteiger partial charge in [0.25, 0.3) is 10.1 Å². The third kappa shape index (κ3) is 8.31. The molecule has 0 aliphatic heterocycles. The molecule has 0 bridgehead atoms. The maximum absolute atomic E-state index is 10.8. The second kappa shape index (κ2) is 6.44. The lowest BCUT2D eigenvalue weighted by molar-refractivity contribution is 0.441. The van der Waals surface area contributed by atoms with E-state index in [0.717, 1.165) is 6.42 Å². The molecule has 0 aromatic rings. The second-order valence-corrected chi connectivity index (χ2v) is 4.80. The van der Waals surface area contributed by atoms with Crippen LogP contribution >= 0.6 is 0 Å². The van der Waals surface area contributed by atoms with Crippen molar-refractivity contribution < 1.29 is 20.8 Å². The Hall–Kier alpha value is -0.0200. The van der Waals surface area contributed by atoms with E-state index in [-0.39, 0.29) is 12.3 Å². The number of nitrogens with one attached hydrogen (secondary N) is 1.